The Morgan fingerprint density at radius 3 is 2.89 bits per heavy atom. The van der Waals surface area contributed by atoms with Crippen LogP contribution in [0.1, 0.15) is 50.7 Å². The molecule has 1 saturated carbocycles. The van der Waals surface area contributed by atoms with Gasteiger partial charge in [0, 0.05) is 25.4 Å². The van der Waals surface area contributed by atoms with Gasteiger partial charge in [-0.3, -0.25) is 4.68 Å². The Morgan fingerprint density at radius 1 is 1.50 bits per heavy atom. The molecule has 4 heteroatoms. The van der Waals surface area contributed by atoms with Gasteiger partial charge < -0.3 is 10.5 Å². The van der Waals surface area contributed by atoms with Crippen molar-refractivity contribution < 1.29 is 4.74 Å². The van der Waals surface area contributed by atoms with Gasteiger partial charge in [0.05, 0.1) is 18.4 Å². The number of nitrogens with two attached hydrogens (primary N) is 1. The SMILES string of the molecule is CCC1CCCCC1OC(CN)c1cnn(C)c1. The predicted molar refractivity (Wildman–Crippen MR) is 72.1 cm³/mol. The maximum atomic E-state index is 6.27. The molecule has 0 aliphatic heterocycles. The van der Waals surface area contributed by atoms with Crippen molar-refractivity contribution >= 4 is 0 Å². The normalized spacial score (nSPS) is 26.2. The maximum Gasteiger partial charge on any atom is 0.0981 e. The molecule has 102 valence electrons. The molecule has 4 nitrogen and oxygen atoms in total. The van der Waals surface area contributed by atoms with Crippen molar-refractivity contribution in [1.82, 2.24) is 9.78 Å². The highest BCUT2D eigenvalue weighted by atomic mass is 16.5. The van der Waals surface area contributed by atoms with Crippen molar-refractivity contribution in [2.24, 2.45) is 18.7 Å². The molecule has 1 aromatic rings. The minimum atomic E-state index is -0.00384. The maximum absolute atomic E-state index is 6.27. The summed E-state index contributed by atoms with van der Waals surface area (Å²) >= 11 is 0. The molecule has 1 heterocycles. The molecule has 0 aromatic carbocycles. The Kier molecular flexibility index (Phi) is 4.78. The average Bonchev–Trinajstić information content (AvgIpc) is 2.83. The van der Waals surface area contributed by atoms with Gasteiger partial charge in [-0.25, -0.2) is 0 Å². The first-order valence-corrected chi connectivity index (χ1v) is 7.08. The van der Waals surface area contributed by atoms with Crippen molar-refractivity contribution in [3.8, 4) is 0 Å². The molecule has 0 amide bonds. The van der Waals surface area contributed by atoms with Crippen molar-refractivity contribution in [1.29, 1.82) is 0 Å². The third-order valence-electron chi connectivity index (χ3n) is 4.01. The molecule has 2 rings (SSSR count). The van der Waals surface area contributed by atoms with Crippen LogP contribution in [0.4, 0.5) is 0 Å². The van der Waals surface area contributed by atoms with E-state index in [4.69, 9.17) is 10.5 Å². The molecule has 1 aliphatic carbocycles. The summed E-state index contributed by atoms with van der Waals surface area (Å²) < 4.78 is 8.07. The molecule has 2 N–H and O–H groups in total. The topological polar surface area (TPSA) is 53.1 Å². The van der Waals surface area contributed by atoms with Crippen LogP contribution in [0.5, 0.6) is 0 Å². The summed E-state index contributed by atoms with van der Waals surface area (Å²) in [6, 6.07) is 0. The smallest absolute Gasteiger partial charge is 0.0981 e. The number of aromatic nitrogens is 2. The van der Waals surface area contributed by atoms with Crippen LogP contribution < -0.4 is 5.73 Å². The average molecular weight is 251 g/mol. The van der Waals surface area contributed by atoms with E-state index in [1.54, 1.807) is 4.68 Å². The second-order valence-corrected chi connectivity index (χ2v) is 5.30. The molecular weight excluding hydrogens is 226 g/mol. The Labute approximate surface area is 110 Å². The molecule has 0 saturated heterocycles. The van der Waals surface area contributed by atoms with Gasteiger partial charge in [0.1, 0.15) is 0 Å². The van der Waals surface area contributed by atoms with Gasteiger partial charge >= 0.3 is 0 Å². The van der Waals surface area contributed by atoms with Gasteiger partial charge in [0.25, 0.3) is 0 Å². The van der Waals surface area contributed by atoms with E-state index in [0.29, 0.717) is 18.6 Å². The van der Waals surface area contributed by atoms with Crippen molar-refractivity contribution in [2.75, 3.05) is 6.54 Å². The van der Waals surface area contributed by atoms with Gasteiger partial charge in [-0.15, -0.1) is 0 Å². The summed E-state index contributed by atoms with van der Waals surface area (Å²) in [5, 5.41) is 4.20. The Morgan fingerprint density at radius 2 is 2.28 bits per heavy atom. The summed E-state index contributed by atoms with van der Waals surface area (Å²) in [5.41, 5.74) is 6.95. The van der Waals surface area contributed by atoms with Crippen LogP contribution in [0.25, 0.3) is 0 Å². The Hall–Kier alpha value is -0.870. The van der Waals surface area contributed by atoms with Crippen LogP contribution >= 0.6 is 0 Å². The number of rotatable bonds is 5. The van der Waals surface area contributed by atoms with Crippen LogP contribution in [0.15, 0.2) is 12.4 Å². The minimum Gasteiger partial charge on any atom is -0.369 e. The van der Waals surface area contributed by atoms with Crippen LogP contribution in [-0.2, 0) is 11.8 Å². The highest BCUT2D eigenvalue weighted by molar-refractivity contribution is 5.08. The first kappa shape index (κ1) is 13.6. The fraction of sp³-hybridized carbons (Fsp3) is 0.786. The molecule has 0 bridgehead atoms. The van der Waals surface area contributed by atoms with Crippen LogP contribution in [0.3, 0.4) is 0 Å². The fourth-order valence-electron chi connectivity index (χ4n) is 2.91. The number of nitrogens with zero attached hydrogens (tertiary/aromatic N) is 2. The molecule has 3 atom stereocenters. The highest BCUT2D eigenvalue weighted by Gasteiger charge is 2.27. The van der Waals surface area contributed by atoms with Crippen molar-refractivity contribution in [2.45, 2.75) is 51.2 Å². The monoisotopic (exact) mass is 251 g/mol. The second-order valence-electron chi connectivity index (χ2n) is 5.30. The van der Waals surface area contributed by atoms with E-state index in [0.717, 1.165) is 5.56 Å². The van der Waals surface area contributed by atoms with E-state index in [-0.39, 0.29) is 6.10 Å². The molecule has 0 spiro atoms. The molecule has 18 heavy (non-hydrogen) atoms. The molecule has 1 aromatic heterocycles. The van der Waals surface area contributed by atoms with Crippen LogP contribution in [0.2, 0.25) is 0 Å². The van der Waals surface area contributed by atoms with E-state index in [1.165, 1.54) is 32.1 Å². The summed E-state index contributed by atoms with van der Waals surface area (Å²) in [5.74, 6) is 0.699. The largest absolute Gasteiger partial charge is 0.369 e. The standard InChI is InChI=1S/C14H25N3O/c1-3-11-6-4-5-7-13(11)18-14(8-15)12-9-16-17(2)10-12/h9-11,13-14H,3-8,15H2,1-2H3. The first-order valence-electron chi connectivity index (χ1n) is 7.08. The quantitative estimate of drug-likeness (QED) is 0.874. The van der Waals surface area contributed by atoms with E-state index in [1.807, 2.05) is 19.4 Å². The van der Waals surface area contributed by atoms with Crippen molar-refractivity contribution in [3.63, 3.8) is 0 Å². The van der Waals surface area contributed by atoms with Gasteiger partial charge in [-0.1, -0.05) is 26.2 Å². The zero-order valence-electron chi connectivity index (χ0n) is 11.5. The lowest BCUT2D eigenvalue weighted by Gasteiger charge is -2.33. The van der Waals surface area contributed by atoms with Gasteiger partial charge in [0.15, 0.2) is 0 Å². The third-order valence-corrected chi connectivity index (χ3v) is 4.01. The zero-order chi connectivity index (χ0) is 13.0. The summed E-state index contributed by atoms with van der Waals surface area (Å²) in [4.78, 5) is 0. The fourth-order valence-corrected chi connectivity index (χ4v) is 2.91. The molecule has 1 aliphatic rings. The lowest BCUT2D eigenvalue weighted by Crippen LogP contribution is -2.31. The van der Waals surface area contributed by atoms with E-state index in [9.17, 15) is 0 Å². The van der Waals surface area contributed by atoms with E-state index in [2.05, 4.69) is 12.0 Å². The number of aryl methyl sites for hydroxylation is 1. The minimum absolute atomic E-state index is 0.00384. The van der Waals surface area contributed by atoms with Gasteiger partial charge in [-0.05, 0) is 18.8 Å². The highest BCUT2D eigenvalue weighted by Crippen LogP contribution is 2.32. The van der Waals surface area contributed by atoms with Crippen LogP contribution in [0, 0.1) is 5.92 Å². The zero-order valence-corrected chi connectivity index (χ0v) is 11.5. The summed E-state index contributed by atoms with van der Waals surface area (Å²) in [7, 11) is 1.92. The van der Waals surface area contributed by atoms with Crippen LogP contribution in [-0.4, -0.2) is 22.4 Å². The molecule has 3 unspecified atom stereocenters. The lowest BCUT2D eigenvalue weighted by molar-refractivity contribution is -0.0586. The molecule has 0 radical (unpaired) electrons. The van der Waals surface area contributed by atoms with E-state index < -0.39 is 0 Å². The third kappa shape index (κ3) is 3.12. The number of ether oxygens (including phenoxy) is 1. The molecule has 1 fully saturated rings. The van der Waals surface area contributed by atoms with Gasteiger partial charge in [-0.2, -0.15) is 5.10 Å². The Bertz CT molecular complexity index is 364. The van der Waals surface area contributed by atoms with E-state index >= 15 is 0 Å². The summed E-state index contributed by atoms with van der Waals surface area (Å²) in [6.45, 7) is 2.78. The number of hydrogen-bond donors (Lipinski definition) is 1. The predicted octanol–water partition coefficient (Wildman–Crippen LogP) is 2.41. The van der Waals surface area contributed by atoms with Gasteiger partial charge in [0.2, 0.25) is 0 Å². The Balaban J connectivity index is 2.00. The molecular formula is C14H25N3O. The first-order chi connectivity index (χ1) is 8.74. The van der Waals surface area contributed by atoms with Crippen molar-refractivity contribution in [3.05, 3.63) is 18.0 Å². The lowest BCUT2D eigenvalue weighted by atomic mass is 9.84. The number of hydrogen-bond acceptors (Lipinski definition) is 3. The summed E-state index contributed by atoms with van der Waals surface area (Å²) in [6.07, 6.45) is 10.5. The second kappa shape index (κ2) is 6.34.